The maximum Gasteiger partial charge on any atom is -0.00946 e. The Morgan fingerprint density at radius 1 is 0.714 bits per heavy atom. The lowest BCUT2D eigenvalue weighted by molar-refractivity contribution is 0.862. The van der Waals surface area contributed by atoms with Crippen LogP contribution in [0.1, 0.15) is 38.5 Å². The van der Waals surface area contributed by atoms with E-state index in [-0.39, 0.29) is 0 Å². The second-order valence-electron chi connectivity index (χ2n) is 3.45. The maximum absolute atomic E-state index is 3.22. The average Bonchev–Trinajstić information content (AvgIpc) is 2.22. The molecular weight excluding hydrogens is 168 g/mol. The quantitative estimate of drug-likeness (QED) is 0.494. The van der Waals surface area contributed by atoms with E-state index >= 15 is 0 Å². The Balaban J connectivity index is 2.34. The number of allylic oxidation sites excluding steroid dienone is 8. The van der Waals surface area contributed by atoms with E-state index in [1.165, 1.54) is 25.7 Å². The highest BCUT2D eigenvalue weighted by Gasteiger charge is 1.82. The molecule has 0 spiro atoms. The Labute approximate surface area is 87.7 Å². The maximum atomic E-state index is 3.22. The van der Waals surface area contributed by atoms with E-state index in [0.717, 1.165) is 12.8 Å². The number of hydrogen-bond acceptors (Lipinski definition) is 0. The molecule has 0 aliphatic heterocycles. The van der Waals surface area contributed by atoms with E-state index in [0.29, 0.717) is 0 Å². The molecule has 0 bridgehead atoms. The van der Waals surface area contributed by atoms with Gasteiger partial charge in [-0.1, -0.05) is 42.5 Å². The zero-order valence-electron chi connectivity index (χ0n) is 8.78. The summed E-state index contributed by atoms with van der Waals surface area (Å²) in [6.45, 7) is 0. The summed E-state index contributed by atoms with van der Waals surface area (Å²) in [4.78, 5) is 0. The van der Waals surface area contributed by atoms with Crippen LogP contribution in [0.25, 0.3) is 0 Å². The highest BCUT2D eigenvalue weighted by Crippen LogP contribution is 2.02. The van der Waals surface area contributed by atoms with Gasteiger partial charge in [0.25, 0.3) is 0 Å². The Bertz CT molecular complexity index is 228. The molecule has 0 saturated heterocycles. The first-order valence-corrected chi connectivity index (χ1v) is 5.52. The van der Waals surface area contributed by atoms with Crippen molar-refractivity contribution in [3.8, 4) is 0 Å². The molecule has 1 radical (unpaired) electrons. The molecule has 0 aromatic heterocycles. The van der Waals surface area contributed by atoms with E-state index in [1.807, 2.05) is 6.08 Å². The third-order valence-corrected chi connectivity index (χ3v) is 2.16. The first kappa shape index (κ1) is 11.0. The van der Waals surface area contributed by atoms with Gasteiger partial charge in [0.05, 0.1) is 0 Å². The smallest absolute Gasteiger partial charge is 0.00946 e. The molecule has 1 aliphatic rings. The molecule has 0 amide bonds. The summed E-state index contributed by atoms with van der Waals surface area (Å²) in [6.07, 6.45) is 25.5. The molecule has 0 heterocycles. The predicted molar refractivity (Wildman–Crippen MR) is 62.9 cm³/mol. The fourth-order valence-corrected chi connectivity index (χ4v) is 1.35. The molecule has 0 atom stereocenters. The van der Waals surface area contributed by atoms with Gasteiger partial charge < -0.3 is 0 Å². The molecule has 1 rings (SSSR count). The molecule has 75 valence electrons. The lowest BCUT2D eigenvalue weighted by atomic mass is 10.2. The van der Waals surface area contributed by atoms with Gasteiger partial charge in [0.1, 0.15) is 0 Å². The molecular formula is C14H19. The topological polar surface area (TPSA) is 0 Å². The van der Waals surface area contributed by atoms with E-state index < -0.39 is 0 Å². The summed E-state index contributed by atoms with van der Waals surface area (Å²) < 4.78 is 0. The van der Waals surface area contributed by atoms with Crippen molar-refractivity contribution in [1.82, 2.24) is 0 Å². The molecule has 0 heteroatoms. The van der Waals surface area contributed by atoms with Gasteiger partial charge in [-0.3, -0.25) is 0 Å². The van der Waals surface area contributed by atoms with Crippen LogP contribution in [0.4, 0.5) is 0 Å². The molecule has 0 unspecified atom stereocenters. The van der Waals surface area contributed by atoms with Crippen LogP contribution < -0.4 is 0 Å². The van der Waals surface area contributed by atoms with Gasteiger partial charge in [-0.2, -0.15) is 0 Å². The normalized spacial score (nSPS) is 28.6. The van der Waals surface area contributed by atoms with Crippen molar-refractivity contribution in [2.75, 3.05) is 0 Å². The van der Waals surface area contributed by atoms with Gasteiger partial charge >= 0.3 is 0 Å². The fourth-order valence-electron chi connectivity index (χ4n) is 1.35. The SMILES string of the molecule is [C]1=C/C=C\CCC/C=C/CC/C=C/C/1. The van der Waals surface area contributed by atoms with Crippen LogP contribution in [0.3, 0.4) is 0 Å². The molecule has 0 N–H and O–H groups in total. The van der Waals surface area contributed by atoms with E-state index in [2.05, 4.69) is 42.5 Å². The molecule has 0 aromatic rings. The van der Waals surface area contributed by atoms with Crippen molar-refractivity contribution >= 4 is 0 Å². The second-order valence-corrected chi connectivity index (χ2v) is 3.45. The van der Waals surface area contributed by atoms with Crippen LogP contribution >= 0.6 is 0 Å². The number of hydrogen-bond donors (Lipinski definition) is 0. The van der Waals surface area contributed by atoms with Crippen LogP contribution in [0.5, 0.6) is 0 Å². The lowest BCUT2D eigenvalue weighted by Gasteiger charge is -1.91. The van der Waals surface area contributed by atoms with E-state index in [9.17, 15) is 0 Å². The van der Waals surface area contributed by atoms with Gasteiger partial charge in [-0.05, 0) is 44.6 Å². The summed E-state index contributed by atoms with van der Waals surface area (Å²) in [5, 5.41) is 0. The highest BCUT2D eigenvalue weighted by molar-refractivity contribution is 5.01. The van der Waals surface area contributed by atoms with Crippen molar-refractivity contribution in [2.24, 2.45) is 0 Å². The summed E-state index contributed by atoms with van der Waals surface area (Å²) in [5.41, 5.74) is 0. The van der Waals surface area contributed by atoms with Crippen LogP contribution in [-0.2, 0) is 0 Å². The van der Waals surface area contributed by atoms with Gasteiger partial charge in [0, 0.05) is 0 Å². The second kappa shape index (κ2) is 8.55. The minimum absolute atomic E-state index is 0.939. The predicted octanol–water partition coefficient (Wildman–Crippen LogP) is 4.37. The van der Waals surface area contributed by atoms with Crippen molar-refractivity contribution in [3.05, 3.63) is 48.6 Å². The van der Waals surface area contributed by atoms with Crippen molar-refractivity contribution in [1.29, 1.82) is 0 Å². The molecule has 1 aliphatic carbocycles. The minimum atomic E-state index is 0.939. The average molecular weight is 187 g/mol. The Kier molecular flexibility index (Phi) is 6.74. The summed E-state index contributed by atoms with van der Waals surface area (Å²) in [7, 11) is 0. The number of rotatable bonds is 0. The molecule has 0 aromatic carbocycles. The van der Waals surface area contributed by atoms with Crippen molar-refractivity contribution in [2.45, 2.75) is 38.5 Å². The third-order valence-electron chi connectivity index (χ3n) is 2.16. The van der Waals surface area contributed by atoms with Gasteiger partial charge in [0.2, 0.25) is 0 Å². The minimum Gasteiger partial charge on any atom is -0.0885 e. The first-order valence-electron chi connectivity index (χ1n) is 5.52. The summed E-state index contributed by atoms with van der Waals surface area (Å²) >= 11 is 0. The molecule has 14 heavy (non-hydrogen) atoms. The van der Waals surface area contributed by atoms with Gasteiger partial charge in [-0.15, -0.1) is 0 Å². The summed E-state index contributed by atoms with van der Waals surface area (Å²) in [5.74, 6) is 0. The molecule has 0 fully saturated rings. The van der Waals surface area contributed by atoms with Crippen LogP contribution in [0, 0.1) is 6.08 Å². The first-order chi connectivity index (χ1) is 7.00. The van der Waals surface area contributed by atoms with Crippen LogP contribution in [0.15, 0.2) is 42.5 Å². The zero-order valence-corrected chi connectivity index (χ0v) is 8.78. The van der Waals surface area contributed by atoms with Gasteiger partial charge in [-0.25, -0.2) is 0 Å². The van der Waals surface area contributed by atoms with E-state index in [4.69, 9.17) is 0 Å². The zero-order chi connectivity index (χ0) is 9.90. The Hall–Kier alpha value is -1.04. The van der Waals surface area contributed by atoms with Crippen molar-refractivity contribution in [3.63, 3.8) is 0 Å². The molecule has 0 nitrogen and oxygen atoms in total. The lowest BCUT2D eigenvalue weighted by Crippen LogP contribution is -1.71. The monoisotopic (exact) mass is 187 g/mol. The molecule has 0 saturated carbocycles. The van der Waals surface area contributed by atoms with E-state index in [1.54, 1.807) is 0 Å². The van der Waals surface area contributed by atoms with Gasteiger partial charge in [0.15, 0.2) is 0 Å². The third kappa shape index (κ3) is 6.47. The Morgan fingerprint density at radius 2 is 1.43 bits per heavy atom. The Morgan fingerprint density at radius 3 is 2.36 bits per heavy atom. The summed E-state index contributed by atoms with van der Waals surface area (Å²) in [6, 6.07) is 0. The largest absolute Gasteiger partial charge is 0.0885 e. The van der Waals surface area contributed by atoms with Crippen molar-refractivity contribution < 1.29 is 0 Å². The van der Waals surface area contributed by atoms with Crippen LogP contribution in [-0.4, -0.2) is 0 Å². The standard InChI is InChI=1S/C14H19/c1-2-4-6-8-10-12-14-13-11-9-7-5-3-1/h1-3,9-12H,4,6-8,13-14H2/b2-1-,5-3?,11-9+,12-10+. The fraction of sp³-hybridized carbons (Fsp3) is 0.429. The van der Waals surface area contributed by atoms with Crippen LogP contribution in [0.2, 0.25) is 0 Å². The highest BCUT2D eigenvalue weighted by atomic mass is 13.9.